The van der Waals surface area contributed by atoms with E-state index in [1.165, 1.54) is 11.1 Å². The molecule has 0 bridgehead atoms. The predicted octanol–water partition coefficient (Wildman–Crippen LogP) is 2.95. The molecule has 0 spiro atoms. The van der Waals surface area contributed by atoms with Crippen LogP contribution in [-0.2, 0) is 13.1 Å². The lowest BCUT2D eigenvalue weighted by Crippen LogP contribution is -2.49. The zero-order valence-electron chi connectivity index (χ0n) is 16.1. The van der Waals surface area contributed by atoms with Crippen LogP contribution in [0.5, 0.6) is 0 Å². The minimum absolute atomic E-state index is 0.318. The summed E-state index contributed by atoms with van der Waals surface area (Å²) in [6, 6.07) is 18.5. The highest BCUT2D eigenvalue weighted by Crippen LogP contribution is 2.13. The quantitative estimate of drug-likeness (QED) is 0.754. The minimum Gasteiger partial charge on any atom is -0.390 e. The Morgan fingerprint density at radius 2 is 1.56 bits per heavy atom. The van der Waals surface area contributed by atoms with Crippen LogP contribution in [0.2, 0.25) is 5.02 Å². The molecule has 2 aromatic rings. The van der Waals surface area contributed by atoms with Crippen molar-refractivity contribution in [1.82, 2.24) is 14.7 Å². The van der Waals surface area contributed by atoms with Gasteiger partial charge in [0.1, 0.15) is 0 Å². The standard InChI is InChI=1S/C22H30ClN3O/c1-24(15-19-5-3-2-4-6-19)17-22(27)18-26-13-11-25(12-14-26)16-20-7-9-21(23)10-8-20/h2-10,22,27H,11-18H2,1H3. The van der Waals surface area contributed by atoms with E-state index >= 15 is 0 Å². The van der Waals surface area contributed by atoms with Gasteiger partial charge >= 0.3 is 0 Å². The maximum absolute atomic E-state index is 10.5. The molecule has 0 radical (unpaired) electrons. The Bertz CT molecular complexity index is 672. The summed E-state index contributed by atoms with van der Waals surface area (Å²) in [6.45, 7) is 7.36. The topological polar surface area (TPSA) is 30.0 Å². The second kappa shape index (κ2) is 10.2. The van der Waals surface area contributed by atoms with E-state index in [9.17, 15) is 5.11 Å². The number of β-amino-alcohol motifs (C(OH)–C–C–N with tert-alkyl or cyclic N) is 1. The molecule has 1 N–H and O–H groups in total. The summed E-state index contributed by atoms with van der Waals surface area (Å²) in [5, 5.41) is 11.3. The van der Waals surface area contributed by atoms with Gasteiger partial charge in [0.2, 0.25) is 0 Å². The molecule has 0 saturated carbocycles. The lowest BCUT2D eigenvalue weighted by Gasteiger charge is -2.36. The van der Waals surface area contributed by atoms with Crippen LogP contribution in [0.3, 0.4) is 0 Å². The summed E-state index contributed by atoms with van der Waals surface area (Å²) in [4.78, 5) is 7.03. The molecule has 0 aromatic heterocycles. The number of halogens is 1. The van der Waals surface area contributed by atoms with Crippen molar-refractivity contribution < 1.29 is 5.11 Å². The lowest BCUT2D eigenvalue weighted by atomic mass is 10.2. The fourth-order valence-electron chi connectivity index (χ4n) is 3.65. The van der Waals surface area contributed by atoms with Crippen molar-refractivity contribution in [3.05, 3.63) is 70.7 Å². The van der Waals surface area contributed by atoms with Crippen LogP contribution in [-0.4, -0.2) is 72.2 Å². The summed E-state index contributed by atoms with van der Waals surface area (Å²) in [5.41, 5.74) is 2.58. The second-order valence-electron chi connectivity index (χ2n) is 7.54. The van der Waals surface area contributed by atoms with Crippen LogP contribution in [0.15, 0.2) is 54.6 Å². The van der Waals surface area contributed by atoms with Crippen LogP contribution in [0.25, 0.3) is 0 Å². The molecule has 1 heterocycles. The smallest absolute Gasteiger partial charge is 0.0793 e. The number of hydrogen-bond donors (Lipinski definition) is 1. The van der Waals surface area contributed by atoms with Gasteiger partial charge < -0.3 is 5.11 Å². The van der Waals surface area contributed by atoms with Crippen molar-refractivity contribution in [1.29, 1.82) is 0 Å². The van der Waals surface area contributed by atoms with E-state index in [1.807, 2.05) is 18.2 Å². The van der Waals surface area contributed by atoms with Gasteiger partial charge in [-0.1, -0.05) is 54.1 Å². The summed E-state index contributed by atoms with van der Waals surface area (Å²) >= 11 is 5.96. The van der Waals surface area contributed by atoms with Gasteiger partial charge in [0, 0.05) is 57.4 Å². The van der Waals surface area contributed by atoms with Gasteiger partial charge in [0.25, 0.3) is 0 Å². The second-order valence-corrected chi connectivity index (χ2v) is 7.98. The number of hydrogen-bond acceptors (Lipinski definition) is 4. The van der Waals surface area contributed by atoms with Crippen molar-refractivity contribution in [3.8, 4) is 0 Å². The molecule has 4 nitrogen and oxygen atoms in total. The Balaban J connectivity index is 1.36. The maximum Gasteiger partial charge on any atom is 0.0793 e. The summed E-state index contributed by atoms with van der Waals surface area (Å²) in [5.74, 6) is 0. The first kappa shape index (κ1) is 20.3. The van der Waals surface area contributed by atoms with Crippen molar-refractivity contribution >= 4 is 11.6 Å². The molecular weight excluding hydrogens is 358 g/mol. The van der Waals surface area contributed by atoms with Crippen LogP contribution in [0.4, 0.5) is 0 Å². The van der Waals surface area contributed by atoms with Gasteiger partial charge in [-0.2, -0.15) is 0 Å². The van der Waals surface area contributed by atoms with E-state index in [-0.39, 0.29) is 6.10 Å². The Hall–Kier alpha value is -1.43. The Labute approximate surface area is 168 Å². The molecular formula is C22H30ClN3O. The monoisotopic (exact) mass is 387 g/mol. The number of nitrogens with zero attached hydrogens (tertiary/aromatic N) is 3. The zero-order chi connectivity index (χ0) is 19.1. The zero-order valence-corrected chi connectivity index (χ0v) is 16.9. The van der Waals surface area contributed by atoms with Crippen LogP contribution in [0, 0.1) is 0 Å². The fraction of sp³-hybridized carbons (Fsp3) is 0.455. The SMILES string of the molecule is CN(Cc1ccccc1)CC(O)CN1CCN(Cc2ccc(Cl)cc2)CC1. The summed E-state index contributed by atoms with van der Waals surface area (Å²) in [6.07, 6.45) is -0.318. The van der Waals surface area contributed by atoms with Gasteiger partial charge in [-0.25, -0.2) is 0 Å². The average molecular weight is 388 g/mol. The highest BCUT2D eigenvalue weighted by Gasteiger charge is 2.20. The first-order chi connectivity index (χ1) is 13.1. The minimum atomic E-state index is -0.318. The third-order valence-corrected chi connectivity index (χ3v) is 5.32. The van der Waals surface area contributed by atoms with Gasteiger partial charge in [-0.15, -0.1) is 0 Å². The van der Waals surface area contributed by atoms with Crippen LogP contribution >= 0.6 is 11.6 Å². The molecule has 2 aromatic carbocycles. The van der Waals surface area contributed by atoms with E-state index in [2.05, 4.69) is 58.1 Å². The van der Waals surface area contributed by atoms with E-state index in [1.54, 1.807) is 0 Å². The van der Waals surface area contributed by atoms with Gasteiger partial charge in [-0.05, 0) is 30.3 Å². The Morgan fingerprint density at radius 1 is 0.926 bits per heavy atom. The highest BCUT2D eigenvalue weighted by atomic mass is 35.5. The molecule has 5 heteroatoms. The summed E-state index contributed by atoms with van der Waals surface area (Å²) in [7, 11) is 2.07. The van der Waals surface area contributed by atoms with Gasteiger partial charge in [0.05, 0.1) is 6.10 Å². The van der Waals surface area contributed by atoms with Crippen LogP contribution in [0.1, 0.15) is 11.1 Å². The third kappa shape index (κ3) is 6.91. The van der Waals surface area contributed by atoms with Gasteiger partial charge in [0.15, 0.2) is 0 Å². The number of aliphatic hydroxyl groups is 1. The Kier molecular flexibility index (Phi) is 7.68. The number of aliphatic hydroxyl groups excluding tert-OH is 1. The molecule has 1 saturated heterocycles. The number of piperazine rings is 1. The maximum atomic E-state index is 10.5. The first-order valence-corrected chi connectivity index (χ1v) is 10.1. The fourth-order valence-corrected chi connectivity index (χ4v) is 3.78. The lowest BCUT2D eigenvalue weighted by molar-refractivity contribution is 0.0525. The van der Waals surface area contributed by atoms with Crippen molar-refractivity contribution in [2.75, 3.05) is 46.3 Å². The average Bonchev–Trinajstić information content (AvgIpc) is 2.66. The molecule has 1 aliphatic rings. The summed E-state index contributed by atoms with van der Waals surface area (Å²) < 4.78 is 0. The normalized spacial score (nSPS) is 17.3. The van der Waals surface area contributed by atoms with Crippen molar-refractivity contribution in [2.24, 2.45) is 0 Å². The van der Waals surface area contributed by atoms with E-state index in [0.29, 0.717) is 6.54 Å². The van der Waals surface area contributed by atoms with E-state index in [4.69, 9.17) is 11.6 Å². The van der Waals surface area contributed by atoms with Crippen molar-refractivity contribution in [3.63, 3.8) is 0 Å². The van der Waals surface area contributed by atoms with E-state index in [0.717, 1.165) is 50.8 Å². The molecule has 1 atom stereocenters. The molecule has 1 aliphatic heterocycles. The molecule has 0 aliphatic carbocycles. The number of rotatable bonds is 8. The Morgan fingerprint density at radius 3 is 2.22 bits per heavy atom. The molecule has 1 fully saturated rings. The molecule has 1 unspecified atom stereocenters. The molecule has 27 heavy (non-hydrogen) atoms. The molecule has 146 valence electrons. The number of benzene rings is 2. The van der Waals surface area contributed by atoms with Crippen molar-refractivity contribution in [2.45, 2.75) is 19.2 Å². The highest BCUT2D eigenvalue weighted by molar-refractivity contribution is 6.30. The number of likely N-dealkylation sites (N-methyl/N-ethyl adjacent to an activating group) is 1. The van der Waals surface area contributed by atoms with E-state index < -0.39 is 0 Å². The first-order valence-electron chi connectivity index (χ1n) is 9.68. The predicted molar refractivity (Wildman–Crippen MR) is 112 cm³/mol. The van der Waals surface area contributed by atoms with Gasteiger partial charge in [-0.3, -0.25) is 14.7 Å². The molecule has 3 rings (SSSR count). The largest absolute Gasteiger partial charge is 0.390 e. The molecule has 0 amide bonds. The third-order valence-electron chi connectivity index (χ3n) is 5.07. The van der Waals surface area contributed by atoms with Crippen LogP contribution < -0.4 is 0 Å².